The van der Waals surface area contributed by atoms with Crippen molar-refractivity contribution in [3.63, 3.8) is 0 Å². The lowest BCUT2D eigenvalue weighted by molar-refractivity contribution is 0.0109. The van der Waals surface area contributed by atoms with Crippen LogP contribution in [-0.2, 0) is 0 Å². The molecule has 2 aromatic carbocycles. The maximum absolute atomic E-state index is 13.2. The number of methoxy groups -OCH3 is 2. The van der Waals surface area contributed by atoms with Crippen molar-refractivity contribution in [1.29, 1.82) is 0 Å². The van der Waals surface area contributed by atoms with Crippen LogP contribution in [0.4, 0.5) is 0 Å². The molecular formula is C21H17NO5S. The van der Waals surface area contributed by atoms with E-state index in [1.165, 1.54) is 18.4 Å². The van der Waals surface area contributed by atoms with Crippen LogP contribution in [0.3, 0.4) is 0 Å². The molecule has 0 radical (unpaired) electrons. The van der Waals surface area contributed by atoms with Crippen LogP contribution in [0.1, 0.15) is 31.8 Å². The molecule has 0 bridgehead atoms. The maximum Gasteiger partial charge on any atom is 0.274 e. The molecule has 2 amide bonds. The number of ether oxygens (including phenoxy) is 3. The van der Waals surface area contributed by atoms with Gasteiger partial charge >= 0.3 is 0 Å². The minimum atomic E-state index is -0.920. The molecule has 1 aliphatic rings. The number of carbonyl (C=O) groups excluding carboxylic acids is 2. The normalized spacial score (nSPS) is 15.6. The van der Waals surface area contributed by atoms with Crippen molar-refractivity contribution >= 4 is 23.2 Å². The third kappa shape index (κ3) is 2.99. The Hall–Kier alpha value is -3.32. The second kappa shape index (κ2) is 7.36. The highest BCUT2D eigenvalue weighted by atomic mass is 32.1. The maximum atomic E-state index is 13.2. The standard InChI is InChI=1S/C21H17NO5S/c1-25-16-10-9-13(12-17(16)26-2)21-22(20(24)18-8-5-11-28-18)19(23)14-6-3-4-7-15(14)27-21/h3-12,21H,1-2H3/t21-/m1/s1. The molecule has 2 heterocycles. The van der Waals surface area contributed by atoms with Gasteiger partial charge in [-0.1, -0.05) is 18.2 Å². The first-order chi connectivity index (χ1) is 13.6. The van der Waals surface area contributed by atoms with Gasteiger partial charge in [0.15, 0.2) is 11.5 Å². The Morgan fingerprint density at radius 1 is 1.04 bits per heavy atom. The molecule has 0 unspecified atom stereocenters. The fourth-order valence-corrected chi connectivity index (χ4v) is 3.76. The molecule has 0 N–H and O–H groups in total. The van der Waals surface area contributed by atoms with Crippen molar-refractivity contribution in [3.05, 3.63) is 76.0 Å². The average molecular weight is 395 g/mol. The van der Waals surface area contributed by atoms with Crippen LogP contribution in [-0.4, -0.2) is 30.9 Å². The lowest BCUT2D eigenvalue weighted by Crippen LogP contribution is -2.45. The zero-order valence-electron chi connectivity index (χ0n) is 15.2. The van der Waals surface area contributed by atoms with Crippen LogP contribution in [0.5, 0.6) is 17.2 Å². The number of benzene rings is 2. The summed E-state index contributed by atoms with van der Waals surface area (Å²) in [4.78, 5) is 27.9. The highest BCUT2D eigenvalue weighted by Gasteiger charge is 2.40. The number of hydrogen-bond donors (Lipinski definition) is 0. The minimum absolute atomic E-state index is 0.351. The molecule has 0 aliphatic carbocycles. The fourth-order valence-electron chi connectivity index (χ4n) is 3.10. The van der Waals surface area contributed by atoms with E-state index in [4.69, 9.17) is 14.2 Å². The van der Waals surface area contributed by atoms with Crippen molar-refractivity contribution in [2.24, 2.45) is 0 Å². The summed E-state index contributed by atoms with van der Waals surface area (Å²) in [7, 11) is 3.07. The summed E-state index contributed by atoms with van der Waals surface area (Å²) in [6.07, 6.45) is -0.920. The van der Waals surface area contributed by atoms with Gasteiger partial charge in [-0.2, -0.15) is 0 Å². The molecule has 0 saturated heterocycles. The molecule has 142 valence electrons. The van der Waals surface area contributed by atoms with E-state index in [-0.39, 0.29) is 0 Å². The van der Waals surface area contributed by atoms with Crippen LogP contribution in [0.15, 0.2) is 60.0 Å². The van der Waals surface area contributed by atoms with Crippen molar-refractivity contribution in [3.8, 4) is 17.2 Å². The Morgan fingerprint density at radius 3 is 2.54 bits per heavy atom. The van der Waals surface area contributed by atoms with Crippen LogP contribution in [0.25, 0.3) is 0 Å². The van der Waals surface area contributed by atoms with Gasteiger partial charge in [-0.05, 0) is 41.8 Å². The number of fused-ring (bicyclic) bond motifs is 1. The van der Waals surface area contributed by atoms with E-state index in [1.54, 1.807) is 67.1 Å². The second-order valence-electron chi connectivity index (χ2n) is 6.04. The Bertz CT molecular complexity index is 1030. The zero-order valence-corrected chi connectivity index (χ0v) is 16.1. The highest BCUT2D eigenvalue weighted by Crippen LogP contribution is 2.39. The first-order valence-corrected chi connectivity index (χ1v) is 9.41. The second-order valence-corrected chi connectivity index (χ2v) is 6.99. The summed E-state index contributed by atoms with van der Waals surface area (Å²) in [5.74, 6) is 0.653. The predicted molar refractivity (Wildman–Crippen MR) is 104 cm³/mol. The molecular weight excluding hydrogens is 378 g/mol. The zero-order chi connectivity index (χ0) is 19.7. The lowest BCUT2D eigenvalue weighted by atomic mass is 10.1. The predicted octanol–water partition coefficient (Wildman–Crippen LogP) is 4.14. The van der Waals surface area contributed by atoms with E-state index in [9.17, 15) is 9.59 Å². The largest absolute Gasteiger partial charge is 0.493 e. The minimum Gasteiger partial charge on any atom is -0.493 e. The molecule has 1 atom stereocenters. The van der Waals surface area contributed by atoms with Gasteiger partial charge in [0.1, 0.15) is 5.75 Å². The van der Waals surface area contributed by atoms with E-state index in [1.807, 2.05) is 0 Å². The Balaban J connectivity index is 1.83. The first-order valence-electron chi connectivity index (χ1n) is 8.53. The number of para-hydroxylation sites is 1. The van der Waals surface area contributed by atoms with E-state index >= 15 is 0 Å². The van der Waals surface area contributed by atoms with Crippen molar-refractivity contribution in [1.82, 2.24) is 4.90 Å². The topological polar surface area (TPSA) is 65.1 Å². The summed E-state index contributed by atoms with van der Waals surface area (Å²) in [6, 6.07) is 15.5. The SMILES string of the molecule is COc1ccc([C@H]2Oc3ccccc3C(=O)N2C(=O)c2cccs2)cc1OC. The molecule has 28 heavy (non-hydrogen) atoms. The average Bonchev–Trinajstić information content (AvgIpc) is 3.27. The number of rotatable bonds is 4. The Kier molecular flexibility index (Phi) is 4.75. The van der Waals surface area contributed by atoms with E-state index in [0.717, 1.165) is 4.90 Å². The van der Waals surface area contributed by atoms with E-state index < -0.39 is 18.0 Å². The van der Waals surface area contributed by atoms with Gasteiger partial charge in [0.2, 0.25) is 6.23 Å². The molecule has 6 nitrogen and oxygen atoms in total. The van der Waals surface area contributed by atoms with E-state index in [2.05, 4.69) is 0 Å². The molecule has 0 spiro atoms. The molecule has 7 heteroatoms. The molecule has 1 aliphatic heterocycles. The first kappa shape index (κ1) is 18.1. The number of thiophene rings is 1. The summed E-state index contributed by atoms with van der Waals surface area (Å²) in [5, 5.41) is 1.79. The van der Waals surface area contributed by atoms with Gasteiger partial charge in [-0.15, -0.1) is 11.3 Å². The number of hydrogen-bond acceptors (Lipinski definition) is 6. The van der Waals surface area contributed by atoms with Crippen LogP contribution in [0, 0.1) is 0 Å². The Labute approximate surface area is 165 Å². The summed E-state index contributed by atoms with van der Waals surface area (Å²) in [5.41, 5.74) is 0.953. The van der Waals surface area contributed by atoms with E-state index in [0.29, 0.717) is 33.3 Å². The smallest absolute Gasteiger partial charge is 0.274 e. The Morgan fingerprint density at radius 2 is 1.82 bits per heavy atom. The number of carbonyl (C=O) groups is 2. The van der Waals surface area contributed by atoms with Gasteiger partial charge in [0, 0.05) is 5.56 Å². The van der Waals surface area contributed by atoms with Crippen LogP contribution in [0.2, 0.25) is 0 Å². The molecule has 0 fully saturated rings. The molecule has 0 saturated carbocycles. The fraction of sp³-hybridized carbons (Fsp3) is 0.143. The number of imide groups is 1. The third-order valence-corrected chi connectivity index (χ3v) is 5.31. The van der Waals surface area contributed by atoms with Crippen molar-refractivity contribution in [2.45, 2.75) is 6.23 Å². The monoisotopic (exact) mass is 395 g/mol. The summed E-state index contributed by atoms with van der Waals surface area (Å²) in [6.45, 7) is 0. The molecule has 4 rings (SSSR count). The van der Waals surface area contributed by atoms with Gasteiger partial charge in [0.25, 0.3) is 11.8 Å². The van der Waals surface area contributed by atoms with Gasteiger partial charge in [0.05, 0.1) is 24.7 Å². The quantitative estimate of drug-likeness (QED) is 0.621. The van der Waals surface area contributed by atoms with Crippen LogP contribution >= 0.6 is 11.3 Å². The summed E-state index contributed by atoms with van der Waals surface area (Å²) >= 11 is 1.28. The molecule has 1 aromatic heterocycles. The lowest BCUT2D eigenvalue weighted by Gasteiger charge is -2.35. The number of amides is 2. The summed E-state index contributed by atoms with van der Waals surface area (Å²) < 4.78 is 16.7. The van der Waals surface area contributed by atoms with Gasteiger partial charge in [-0.3, -0.25) is 9.59 Å². The number of nitrogens with zero attached hydrogens (tertiary/aromatic N) is 1. The third-order valence-electron chi connectivity index (χ3n) is 4.45. The molecule has 3 aromatic rings. The highest BCUT2D eigenvalue weighted by molar-refractivity contribution is 7.12. The van der Waals surface area contributed by atoms with Crippen molar-refractivity contribution < 1.29 is 23.8 Å². The van der Waals surface area contributed by atoms with Crippen LogP contribution < -0.4 is 14.2 Å². The van der Waals surface area contributed by atoms with Gasteiger partial charge < -0.3 is 14.2 Å². The van der Waals surface area contributed by atoms with Gasteiger partial charge in [-0.25, -0.2) is 4.90 Å². The van der Waals surface area contributed by atoms with Crippen molar-refractivity contribution in [2.75, 3.05) is 14.2 Å².